The third-order valence-electron chi connectivity index (χ3n) is 5.19. The van der Waals surface area contributed by atoms with Gasteiger partial charge in [0.1, 0.15) is 6.04 Å². The van der Waals surface area contributed by atoms with Gasteiger partial charge in [-0.2, -0.15) is 0 Å². The monoisotopic (exact) mass is 421 g/mol. The van der Waals surface area contributed by atoms with Gasteiger partial charge in [-0.15, -0.1) is 0 Å². The average molecular weight is 421 g/mol. The molecule has 9 heteroatoms. The zero-order valence-electron chi connectivity index (χ0n) is 17.9. The number of hydrogen-bond donors (Lipinski definition) is 3. The molecule has 2 atom stereocenters. The van der Waals surface area contributed by atoms with Crippen molar-refractivity contribution in [3.63, 3.8) is 0 Å². The van der Waals surface area contributed by atoms with Gasteiger partial charge >= 0.3 is 6.03 Å². The van der Waals surface area contributed by atoms with E-state index in [1.807, 2.05) is 26.0 Å². The summed E-state index contributed by atoms with van der Waals surface area (Å²) in [6, 6.07) is 3.93. The average Bonchev–Trinajstić information content (AvgIpc) is 3.00. The van der Waals surface area contributed by atoms with Crippen LogP contribution in [0.15, 0.2) is 18.2 Å². The molecule has 1 saturated heterocycles. The fourth-order valence-electron chi connectivity index (χ4n) is 3.24. The third kappa shape index (κ3) is 5.85. The largest absolute Gasteiger partial charge is 0.493 e. The van der Waals surface area contributed by atoms with E-state index in [4.69, 9.17) is 9.47 Å². The molecule has 166 valence electrons. The molecule has 0 spiro atoms. The van der Waals surface area contributed by atoms with Crippen LogP contribution >= 0.6 is 0 Å². The second-order valence-corrected chi connectivity index (χ2v) is 7.57. The normalized spacial score (nSPS) is 17.1. The van der Waals surface area contributed by atoms with Crippen LogP contribution in [0.3, 0.4) is 0 Å². The lowest BCUT2D eigenvalue weighted by Crippen LogP contribution is -2.42. The fourth-order valence-corrected chi connectivity index (χ4v) is 3.24. The molecular weight excluding hydrogens is 390 g/mol. The number of carbonyl (C=O) groups is 3. The number of rotatable bonds is 11. The minimum Gasteiger partial charge on any atom is -0.493 e. The van der Waals surface area contributed by atoms with Crippen LogP contribution < -0.4 is 20.1 Å². The predicted octanol–water partition coefficient (Wildman–Crippen LogP) is 1.08. The Morgan fingerprint density at radius 1 is 1.23 bits per heavy atom. The van der Waals surface area contributed by atoms with E-state index in [0.29, 0.717) is 17.9 Å². The number of imide groups is 1. The van der Waals surface area contributed by atoms with Gasteiger partial charge in [-0.25, -0.2) is 4.79 Å². The van der Waals surface area contributed by atoms with Gasteiger partial charge in [-0.1, -0.05) is 19.9 Å². The second-order valence-electron chi connectivity index (χ2n) is 7.57. The smallest absolute Gasteiger partial charge is 0.324 e. The molecule has 1 aromatic rings. The molecule has 4 amide bonds. The number of urea groups is 1. The standard InChI is InChI=1S/C21H31N3O6/c1-13(2)16(12-25)22-19(26)8-6-15-20(27)24(21(28)23-15)10-9-14-5-7-17(29-3)18(11-14)30-4/h5,7,11,13,15-16,25H,6,8-10,12H2,1-4H3,(H,22,26)(H,23,28)/t15-,16-/m0/s1. The first kappa shape index (κ1) is 23.5. The van der Waals surface area contributed by atoms with Crippen molar-refractivity contribution in [2.24, 2.45) is 5.92 Å². The molecule has 3 N–H and O–H groups in total. The maximum atomic E-state index is 12.6. The van der Waals surface area contributed by atoms with Crippen molar-refractivity contribution >= 4 is 17.8 Å². The number of methoxy groups -OCH3 is 2. The SMILES string of the molecule is COc1ccc(CCN2C(=O)N[C@@H](CCC(=O)N[C@@H](CO)C(C)C)C2=O)cc1OC. The number of hydrogen-bond acceptors (Lipinski definition) is 6. The van der Waals surface area contributed by atoms with Crippen LogP contribution in [0.4, 0.5) is 4.79 Å². The number of ether oxygens (including phenoxy) is 2. The van der Waals surface area contributed by atoms with E-state index >= 15 is 0 Å². The summed E-state index contributed by atoms with van der Waals surface area (Å²) in [4.78, 5) is 38.1. The number of aliphatic hydroxyl groups excluding tert-OH is 1. The number of nitrogens with zero attached hydrogens (tertiary/aromatic N) is 1. The van der Waals surface area contributed by atoms with Crippen LogP contribution in [0.5, 0.6) is 11.5 Å². The molecule has 0 saturated carbocycles. The second kappa shape index (κ2) is 10.8. The molecule has 30 heavy (non-hydrogen) atoms. The highest BCUT2D eigenvalue weighted by molar-refractivity contribution is 6.04. The highest BCUT2D eigenvalue weighted by Gasteiger charge is 2.37. The Morgan fingerprint density at radius 2 is 1.93 bits per heavy atom. The van der Waals surface area contributed by atoms with Crippen LogP contribution in [0, 0.1) is 5.92 Å². The van der Waals surface area contributed by atoms with Crippen molar-refractivity contribution in [3.8, 4) is 11.5 Å². The molecule has 1 aromatic carbocycles. The molecule has 1 aliphatic heterocycles. The van der Waals surface area contributed by atoms with Crippen molar-refractivity contribution in [2.45, 2.75) is 45.2 Å². The van der Waals surface area contributed by atoms with Gasteiger partial charge in [0.15, 0.2) is 11.5 Å². The van der Waals surface area contributed by atoms with E-state index in [1.54, 1.807) is 20.3 Å². The number of benzene rings is 1. The van der Waals surface area contributed by atoms with E-state index in [-0.39, 0.29) is 49.8 Å². The Hall–Kier alpha value is -2.81. The maximum absolute atomic E-state index is 12.6. The van der Waals surface area contributed by atoms with Crippen LogP contribution in [-0.2, 0) is 16.0 Å². The first-order valence-corrected chi connectivity index (χ1v) is 10.0. The molecule has 0 radical (unpaired) electrons. The van der Waals surface area contributed by atoms with Crippen molar-refractivity contribution in [3.05, 3.63) is 23.8 Å². The van der Waals surface area contributed by atoms with Gasteiger partial charge in [0.2, 0.25) is 5.91 Å². The summed E-state index contributed by atoms with van der Waals surface area (Å²) in [5, 5.41) is 14.7. The third-order valence-corrected chi connectivity index (χ3v) is 5.19. The lowest BCUT2D eigenvalue weighted by molar-refractivity contribution is -0.127. The Bertz CT molecular complexity index is 767. The molecule has 1 heterocycles. The fraction of sp³-hybridized carbons (Fsp3) is 0.571. The summed E-state index contributed by atoms with van der Waals surface area (Å²) >= 11 is 0. The number of carbonyl (C=O) groups excluding carboxylic acids is 3. The lowest BCUT2D eigenvalue weighted by Gasteiger charge is -2.20. The molecule has 2 rings (SSSR count). The van der Waals surface area contributed by atoms with E-state index < -0.39 is 12.1 Å². The topological polar surface area (TPSA) is 117 Å². The summed E-state index contributed by atoms with van der Waals surface area (Å²) < 4.78 is 10.5. The van der Waals surface area contributed by atoms with Crippen molar-refractivity contribution in [1.82, 2.24) is 15.5 Å². The zero-order chi connectivity index (χ0) is 22.3. The molecule has 1 fully saturated rings. The molecule has 9 nitrogen and oxygen atoms in total. The minimum atomic E-state index is -0.722. The number of amides is 4. The summed E-state index contributed by atoms with van der Waals surface area (Å²) in [5.74, 6) is 0.692. The molecule has 1 aliphatic rings. The van der Waals surface area contributed by atoms with E-state index in [1.165, 1.54) is 4.90 Å². The number of aliphatic hydroxyl groups is 1. The maximum Gasteiger partial charge on any atom is 0.324 e. The first-order valence-electron chi connectivity index (χ1n) is 10.0. The van der Waals surface area contributed by atoms with Crippen LogP contribution in [0.2, 0.25) is 0 Å². The quantitative estimate of drug-likeness (QED) is 0.460. The molecular formula is C21H31N3O6. The molecule has 0 aromatic heterocycles. The van der Waals surface area contributed by atoms with E-state index in [9.17, 15) is 19.5 Å². The Kier molecular flexibility index (Phi) is 8.46. The lowest BCUT2D eigenvalue weighted by atomic mass is 10.0. The van der Waals surface area contributed by atoms with Crippen molar-refractivity contribution in [1.29, 1.82) is 0 Å². The van der Waals surface area contributed by atoms with Gasteiger partial charge in [-0.05, 0) is 36.5 Å². The van der Waals surface area contributed by atoms with Crippen LogP contribution in [0.1, 0.15) is 32.3 Å². The van der Waals surface area contributed by atoms with Crippen molar-refractivity contribution < 1.29 is 29.0 Å². The summed E-state index contributed by atoms with van der Waals surface area (Å²) in [6.45, 7) is 3.88. The summed E-state index contributed by atoms with van der Waals surface area (Å²) in [7, 11) is 3.10. The van der Waals surface area contributed by atoms with Crippen LogP contribution in [-0.4, -0.2) is 67.3 Å². The molecule has 0 unspecified atom stereocenters. The van der Waals surface area contributed by atoms with Crippen molar-refractivity contribution in [2.75, 3.05) is 27.4 Å². The zero-order valence-corrected chi connectivity index (χ0v) is 17.9. The summed E-state index contributed by atoms with van der Waals surface area (Å²) in [6.07, 6.45) is 0.766. The predicted molar refractivity (Wildman–Crippen MR) is 110 cm³/mol. The number of nitrogens with one attached hydrogen (secondary N) is 2. The van der Waals surface area contributed by atoms with E-state index in [0.717, 1.165) is 5.56 Å². The van der Waals surface area contributed by atoms with E-state index in [2.05, 4.69) is 10.6 Å². The molecule has 0 aliphatic carbocycles. The summed E-state index contributed by atoms with van der Waals surface area (Å²) in [5.41, 5.74) is 0.903. The van der Waals surface area contributed by atoms with Gasteiger partial charge in [0.25, 0.3) is 5.91 Å². The Labute approximate surface area is 176 Å². The Morgan fingerprint density at radius 3 is 2.53 bits per heavy atom. The Balaban J connectivity index is 1.88. The van der Waals surface area contributed by atoms with Gasteiger partial charge in [0, 0.05) is 13.0 Å². The highest BCUT2D eigenvalue weighted by atomic mass is 16.5. The highest BCUT2D eigenvalue weighted by Crippen LogP contribution is 2.28. The van der Waals surface area contributed by atoms with Gasteiger partial charge in [-0.3, -0.25) is 14.5 Å². The first-order chi connectivity index (χ1) is 14.3. The minimum absolute atomic E-state index is 0.0867. The van der Waals surface area contributed by atoms with Gasteiger partial charge in [0.05, 0.1) is 26.9 Å². The molecule has 0 bridgehead atoms. The van der Waals surface area contributed by atoms with Crippen LogP contribution in [0.25, 0.3) is 0 Å². The van der Waals surface area contributed by atoms with Gasteiger partial charge < -0.3 is 25.2 Å².